The van der Waals surface area contributed by atoms with Crippen LogP contribution >= 0.6 is 0 Å². The summed E-state index contributed by atoms with van der Waals surface area (Å²) in [6, 6.07) is 5.70. The van der Waals surface area contributed by atoms with Crippen LogP contribution in [0.15, 0.2) is 43.0 Å². The molecule has 0 unspecified atom stereocenters. The lowest BCUT2D eigenvalue weighted by Gasteiger charge is -2.27. The largest absolute Gasteiger partial charge is 0.469 e. The minimum absolute atomic E-state index is 0.0280. The lowest BCUT2D eigenvalue weighted by Crippen LogP contribution is -2.38. The molecule has 1 amide bonds. The lowest BCUT2D eigenvalue weighted by molar-refractivity contribution is -0.146. The summed E-state index contributed by atoms with van der Waals surface area (Å²) in [5.41, 5.74) is 1.95. The quantitative estimate of drug-likeness (QED) is 0.602. The van der Waals surface area contributed by atoms with Crippen molar-refractivity contribution in [3.63, 3.8) is 0 Å². The molecule has 0 aliphatic heterocycles. The van der Waals surface area contributed by atoms with Gasteiger partial charge in [-0.2, -0.15) is 5.10 Å². The molecule has 1 fully saturated rings. The number of aromatic nitrogens is 4. The minimum atomic E-state index is -0.205. The van der Waals surface area contributed by atoms with E-state index in [4.69, 9.17) is 4.74 Å². The zero-order valence-corrected chi connectivity index (χ0v) is 16.7. The van der Waals surface area contributed by atoms with E-state index in [1.54, 1.807) is 23.1 Å². The van der Waals surface area contributed by atoms with Gasteiger partial charge in [0.25, 0.3) is 5.91 Å². The summed E-state index contributed by atoms with van der Waals surface area (Å²) in [4.78, 5) is 33.1. The first-order valence-electron chi connectivity index (χ1n) is 10.00. The van der Waals surface area contributed by atoms with E-state index in [0.717, 1.165) is 18.4 Å². The van der Waals surface area contributed by atoms with Crippen molar-refractivity contribution in [2.75, 3.05) is 12.4 Å². The third kappa shape index (κ3) is 4.40. The van der Waals surface area contributed by atoms with Gasteiger partial charge in [-0.05, 0) is 43.4 Å². The number of pyridine rings is 1. The molecule has 0 aromatic carbocycles. The van der Waals surface area contributed by atoms with Crippen LogP contribution in [0.3, 0.4) is 0 Å². The fourth-order valence-electron chi connectivity index (χ4n) is 3.73. The highest BCUT2D eigenvalue weighted by Gasteiger charge is 2.28. The SMILES string of the molecule is COC(=O)[C@H]1CC[C@@H](NC(=O)c2cnn3ccc(NCc4cccnc4)nc23)CC1. The third-order valence-corrected chi connectivity index (χ3v) is 5.41. The van der Waals surface area contributed by atoms with Crippen molar-refractivity contribution in [1.82, 2.24) is 24.9 Å². The number of methoxy groups -OCH3 is 1. The second-order valence-electron chi connectivity index (χ2n) is 7.40. The van der Waals surface area contributed by atoms with Gasteiger partial charge in [0, 0.05) is 31.2 Å². The maximum atomic E-state index is 12.8. The smallest absolute Gasteiger partial charge is 0.308 e. The van der Waals surface area contributed by atoms with E-state index in [-0.39, 0.29) is 23.8 Å². The number of rotatable bonds is 6. The molecule has 3 heterocycles. The first-order valence-corrected chi connectivity index (χ1v) is 10.00. The van der Waals surface area contributed by atoms with Gasteiger partial charge in [0.15, 0.2) is 5.65 Å². The molecule has 0 radical (unpaired) electrons. The van der Waals surface area contributed by atoms with Crippen LogP contribution in [0.1, 0.15) is 41.6 Å². The van der Waals surface area contributed by atoms with Gasteiger partial charge in [0.1, 0.15) is 11.4 Å². The van der Waals surface area contributed by atoms with Crippen LogP contribution < -0.4 is 10.6 Å². The monoisotopic (exact) mass is 408 g/mol. The Morgan fingerprint density at radius 2 is 2.03 bits per heavy atom. The Hall–Kier alpha value is -3.49. The number of ether oxygens (including phenoxy) is 1. The van der Waals surface area contributed by atoms with Crippen molar-refractivity contribution in [2.45, 2.75) is 38.3 Å². The highest BCUT2D eigenvalue weighted by Crippen LogP contribution is 2.25. The number of esters is 1. The minimum Gasteiger partial charge on any atom is -0.469 e. The number of nitrogens with zero attached hydrogens (tertiary/aromatic N) is 4. The summed E-state index contributed by atoms with van der Waals surface area (Å²) in [6.45, 7) is 0.579. The van der Waals surface area contributed by atoms with E-state index in [1.807, 2.05) is 18.2 Å². The van der Waals surface area contributed by atoms with Gasteiger partial charge in [0.05, 0.1) is 19.2 Å². The predicted molar refractivity (Wildman–Crippen MR) is 110 cm³/mol. The Balaban J connectivity index is 1.41. The van der Waals surface area contributed by atoms with E-state index in [9.17, 15) is 9.59 Å². The molecule has 2 N–H and O–H groups in total. The zero-order valence-electron chi connectivity index (χ0n) is 16.7. The van der Waals surface area contributed by atoms with Gasteiger partial charge in [0.2, 0.25) is 0 Å². The summed E-state index contributed by atoms with van der Waals surface area (Å²) in [5.74, 6) is 0.205. The molecule has 156 valence electrons. The molecular formula is C21H24N6O3. The Bertz CT molecular complexity index is 1030. The molecule has 3 aromatic heterocycles. The van der Waals surface area contributed by atoms with Crippen LogP contribution in [0.4, 0.5) is 5.82 Å². The molecule has 1 aliphatic carbocycles. The highest BCUT2D eigenvalue weighted by atomic mass is 16.5. The second-order valence-corrected chi connectivity index (χ2v) is 7.40. The summed E-state index contributed by atoms with van der Waals surface area (Å²) in [6.07, 6.45) is 9.74. The summed E-state index contributed by atoms with van der Waals surface area (Å²) < 4.78 is 6.40. The van der Waals surface area contributed by atoms with Crippen LogP contribution in [0.25, 0.3) is 5.65 Å². The normalized spacial score (nSPS) is 18.7. The highest BCUT2D eigenvalue weighted by molar-refractivity contribution is 5.99. The molecule has 4 rings (SSSR count). The molecule has 0 spiro atoms. The van der Waals surface area contributed by atoms with Crippen molar-refractivity contribution in [1.29, 1.82) is 0 Å². The van der Waals surface area contributed by atoms with Crippen molar-refractivity contribution in [3.8, 4) is 0 Å². The number of hydrogen-bond donors (Lipinski definition) is 2. The van der Waals surface area contributed by atoms with Gasteiger partial charge in [-0.1, -0.05) is 6.07 Å². The van der Waals surface area contributed by atoms with Gasteiger partial charge in [-0.3, -0.25) is 14.6 Å². The van der Waals surface area contributed by atoms with E-state index >= 15 is 0 Å². The van der Waals surface area contributed by atoms with E-state index in [2.05, 4.69) is 25.7 Å². The molecule has 9 nitrogen and oxygen atoms in total. The molecule has 9 heteroatoms. The summed E-state index contributed by atoms with van der Waals surface area (Å²) in [7, 11) is 1.41. The summed E-state index contributed by atoms with van der Waals surface area (Å²) in [5, 5.41) is 10.5. The van der Waals surface area contributed by atoms with Gasteiger partial charge in [-0.15, -0.1) is 0 Å². The van der Waals surface area contributed by atoms with Crippen LogP contribution in [-0.2, 0) is 16.1 Å². The number of amides is 1. The standard InChI is InChI=1S/C21H24N6O3/c1-30-21(29)15-4-6-16(7-5-15)25-20(28)17-13-24-27-10-8-18(26-19(17)27)23-12-14-3-2-9-22-11-14/h2-3,8-11,13,15-16H,4-7,12H2,1H3,(H,23,26)(H,25,28)/t15-,16+. The maximum Gasteiger partial charge on any atom is 0.308 e. The summed E-state index contributed by atoms with van der Waals surface area (Å²) >= 11 is 0. The van der Waals surface area contributed by atoms with Crippen molar-refractivity contribution in [2.24, 2.45) is 5.92 Å². The number of nitrogens with one attached hydrogen (secondary N) is 2. The van der Waals surface area contributed by atoms with Crippen molar-refractivity contribution >= 4 is 23.3 Å². The predicted octanol–water partition coefficient (Wildman–Crippen LogP) is 2.20. The maximum absolute atomic E-state index is 12.8. The fraction of sp³-hybridized carbons (Fsp3) is 0.381. The number of carbonyl (C=O) groups excluding carboxylic acids is 2. The zero-order chi connectivity index (χ0) is 20.9. The van der Waals surface area contributed by atoms with E-state index < -0.39 is 0 Å². The van der Waals surface area contributed by atoms with Crippen LogP contribution in [0.5, 0.6) is 0 Å². The molecule has 0 saturated heterocycles. The number of hydrogen-bond acceptors (Lipinski definition) is 7. The molecule has 0 bridgehead atoms. The van der Waals surface area contributed by atoms with Gasteiger partial charge in [-0.25, -0.2) is 9.50 Å². The third-order valence-electron chi connectivity index (χ3n) is 5.41. The fourth-order valence-corrected chi connectivity index (χ4v) is 3.73. The average Bonchev–Trinajstić information content (AvgIpc) is 3.22. The van der Waals surface area contributed by atoms with Gasteiger partial charge >= 0.3 is 5.97 Å². The molecule has 1 aliphatic rings. The molecule has 30 heavy (non-hydrogen) atoms. The van der Waals surface area contributed by atoms with Crippen LogP contribution in [-0.4, -0.2) is 44.6 Å². The van der Waals surface area contributed by atoms with Crippen LogP contribution in [0.2, 0.25) is 0 Å². The second kappa shape index (κ2) is 8.89. The molecule has 3 aromatic rings. The Labute approximate surface area is 173 Å². The average molecular weight is 408 g/mol. The molecule has 1 saturated carbocycles. The van der Waals surface area contributed by atoms with E-state index in [0.29, 0.717) is 36.4 Å². The Morgan fingerprint density at radius 1 is 1.20 bits per heavy atom. The number of carbonyl (C=O) groups is 2. The first kappa shape index (κ1) is 19.8. The number of anilines is 1. The van der Waals surface area contributed by atoms with Crippen LogP contribution in [0, 0.1) is 5.92 Å². The Morgan fingerprint density at radius 3 is 2.77 bits per heavy atom. The Kier molecular flexibility index (Phi) is 5.87. The van der Waals surface area contributed by atoms with E-state index in [1.165, 1.54) is 13.3 Å². The molecule has 0 atom stereocenters. The lowest BCUT2D eigenvalue weighted by atomic mass is 9.86. The number of fused-ring (bicyclic) bond motifs is 1. The molecular weight excluding hydrogens is 384 g/mol. The topological polar surface area (TPSA) is 111 Å². The van der Waals surface area contributed by atoms with Crippen molar-refractivity contribution in [3.05, 3.63) is 54.1 Å². The van der Waals surface area contributed by atoms with Crippen molar-refractivity contribution < 1.29 is 14.3 Å². The first-order chi connectivity index (χ1) is 14.6. The van der Waals surface area contributed by atoms with Gasteiger partial charge < -0.3 is 15.4 Å².